The molecule has 1 saturated heterocycles. The smallest absolute Gasteiger partial charge is 0.0700 e. The van der Waals surface area contributed by atoms with E-state index in [0.29, 0.717) is 17.6 Å². The van der Waals surface area contributed by atoms with Crippen molar-refractivity contribution in [1.82, 2.24) is 10.2 Å². The van der Waals surface area contributed by atoms with Crippen LogP contribution in [0.3, 0.4) is 0 Å². The van der Waals surface area contributed by atoms with Crippen LogP contribution in [-0.4, -0.2) is 49.8 Å². The van der Waals surface area contributed by atoms with Crippen molar-refractivity contribution < 1.29 is 4.74 Å². The summed E-state index contributed by atoms with van der Waals surface area (Å²) in [6.07, 6.45) is 4.07. The van der Waals surface area contributed by atoms with E-state index < -0.39 is 0 Å². The molecule has 19 heavy (non-hydrogen) atoms. The Morgan fingerprint density at radius 2 is 1.95 bits per heavy atom. The maximum atomic E-state index is 5.78. The third-order valence-electron chi connectivity index (χ3n) is 4.62. The van der Waals surface area contributed by atoms with E-state index in [1.165, 1.54) is 19.4 Å². The van der Waals surface area contributed by atoms with E-state index in [1.54, 1.807) is 0 Å². The van der Waals surface area contributed by atoms with Gasteiger partial charge >= 0.3 is 0 Å². The summed E-state index contributed by atoms with van der Waals surface area (Å²) in [6.45, 7) is 16.8. The number of hydrogen-bond donors (Lipinski definition) is 1. The molecule has 1 rings (SSSR count). The lowest BCUT2D eigenvalue weighted by atomic mass is 9.81. The number of morpholine rings is 1. The number of nitrogens with one attached hydrogen (secondary N) is 1. The van der Waals surface area contributed by atoms with Gasteiger partial charge < -0.3 is 10.1 Å². The van der Waals surface area contributed by atoms with Gasteiger partial charge in [-0.15, -0.1) is 0 Å². The molecule has 0 spiro atoms. The predicted octanol–water partition coefficient (Wildman–Crippen LogP) is 2.90. The Kier molecular flexibility index (Phi) is 7.33. The lowest BCUT2D eigenvalue weighted by Gasteiger charge is -2.41. The first-order valence-electron chi connectivity index (χ1n) is 8.12. The van der Waals surface area contributed by atoms with E-state index in [4.69, 9.17) is 4.74 Å². The van der Waals surface area contributed by atoms with E-state index in [9.17, 15) is 0 Å². The average Bonchev–Trinajstić information content (AvgIpc) is 2.43. The van der Waals surface area contributed by atoms with Crippen LogP contribution >= 0.6 is 0 Å². The van der Waals surface area contributed by atoms with Gasteiger partial charge in [0.15, 0.2) is 0 Å². The van der Waals surface area contributed by atoms with Crippen LogP contribution in [0.5, 0.6) is 0 Å². The average molecular weight is 270 g/mol. The zero-order valence-electron chi connectivity index (χ0n) is 13.7. The summed E-state index contributed by atoms with van der Waals surface area (Å²) in [5.74, 6) is 0. The third kappa shape index (κ3) is 5.41. The molecule has 1 aliphatic heterocycles. The lowest BCUT2D eigenvalue weighted by Crippen LogP contribution is -2.50. The van der Waals surface area contributed by atoms with E-state index >= 15 is 0 Å². The van der Waals surface area contributed by atoms with Crippen LogP contribution in [0.2, 0.25) is 0 Å². The Morgan fingerprint density at radius 3 is 2.47 bits per heavy atom. The predicted molar refractivity (Wildman–Crippen MR) is 82.6 cm³/mol. The van der Waals surface area contributed by atoms with Crippen molar-refractivity contribution in [2.45, 2.75) is 66.0 Å². The molecule has 0 amide bonds. The fourth-order valence-corrected chi connectivity index (χ4v) is 2.85. The largest absolute Gasteiger partial charge is 0.376 e. The lowest BCUT2D eigenvalue weighted by molar-refractivity contribution is -0.0435. The van der Waals surface area contributed by atoms with Gasteiger partial charge in [0.1, 0.15) is 0 Å². The molecule has 114 valence electrons. The Balaban J connectivity index is 2.56. The molecule has 0 aliphatic carbocycles. The highest BCUT2D eigenvalue weighted by atomic mass is 16.5. The van der Waals surface area contributed by atoms with Crippen LogP contribution in [-0.2, 0) is 4.74 Å². The normalized spacial score (nSPS) is 22.1. The summed E-state index contributed by atoms with van der Waals surface area (Å²) in [4.78, 5) is 2.62. The molecule has 1 heterocycles. The van der Waals surface area contributed by atoms with Crippen molar-refractivity contribution in [3.05, 3.63) is 0 Å². The Bertz CT molecular complexity index is 239. The molecule has 1 unspecified atom stereocenters. The molecule has 1 atom stereocenters. The van der Waals surface area contributed by atoms with Gasteiger partial charge in [-0.1, -0.05) is 34.6 Å². The van der Waals surface area contributed by atoms with Crippen molar-refractivity contribution in [2.75, 3.05) is 32.8 Å². The highest BCUT2D eigenvalue weighted by Gasteiger charge is 2.31. The van der Waals surface area contributed by atoms with Crippen molar-refractivity contribution in [2.24, 2.45) is 5.41 Å². The van der Waals surface area contributed by atoms with Gasteiger partial charge in [0.05, 0.1) is 12.7 Å². The minimum atomic E-state index is 0.417. The minimum absolute atomic E-state index is 0.417. The van der Waals surface area contributed by atoms with Crippen molar-refractivity contribution in [3.63, 3.8) is 0 Å². The van der Waals surface area contributed by atoms with Gasteiger partial charge in [-0.05, 0) is 24.7 Å². The highest BCUT2D eigenvalue weighted by Crippen LogP contribution is 2.28. The fraction of sp³-hybridized carbons (Fsp3) is 1.00. The second-order valence-corrected chi connectivity index (χ2v) is 6.38. The molecule has 3 heteroatoms. The van der Waals surface area contributed by atoms with Gasteiger partial charge in [-0.3, -0.25) is 4.90 Å². The van der Waals surface area contributed by atoms with Gasteiger partial charge in [0, 0.05) is 32.2 Å². The molecule has 0 radical (unpaired) electrons. The number of ether oxygens (including phenoxy) is 1. The van der Waals surface area contributed by atoms with Gasteiger partial charge in [0.2, 0.25) is 0 Å². The summed E-state index contributed by atoms with van der Waals surface area (Å²) >= 11 is 0. The Hall–Kier alpha value is -0.120. The number of rotatable bonds is 8. The highest BCUT2D eigenvalue weighted by molar-refractivity contribution is 4.85. The maximum Gasteiger partial charge on any atom is 0.0700 e. The second kappa shape index (κ2) is 8.23. The summed E-state index contributed by atoms with van der Waals surface area (Å²) in [5, 5.41) is 3.65. The van der Waals surface area contributed by atoms with Gasteiger partial charge in [0.25, 0.3) is 0 Å². The maximum absolute atomic E-state index is 5.78. The van der Waals surface area contributed by atoms with Crippen LogP contribution in [0, 0.1) is 5.41 Å². The Morgan fingerprint density at radius 1 is 1.26 bits per heavy atom. The van der Waals surface area contributed by atoms with E-state index in [-0.39, 0.29) is 0 Å². The van der Waals surface area contributed by atoms with Crippen molar-refractivity contribution in [3.8, 4) is 0 Å². The zero-order valence-corrected chi connectivity index (χ0v) is 13.7. The Labute approximate surface area is 120 Å². The molecule has 0 aromatic heterocycles. The summed E-state index contributed by atoms with van der Waals surface area (Å²) in [5.41, 5.74) is 0.417. The molecule has 0 aromatic carbocycles. The molecular weight excluding hydrogens is 236 g/mol. The van der Waals surface area contributed by atoms with Crippen LogP contribution in [0.1, 0.15) is 53.9 Å². The van der Waals surface area contributed by atoms with Crippen LogP contribution < -0.4 is 5.32 Å². The molecule has 1 aliphatic rings. The molecular formula is C16H34N2O. The van der Waals surface area contributed by atoms with Crippen molar-refractivity contribution >= 4 is 0 Å². The number of hydrogen-bond acceptors (Lipinski definition) is 3. The molecule has 1 N–H and O–H groups in total. The third-order valence-corrected chi connectivity index (χ3v) is 4.62. The molecule has 3 nitrogen and oxygen atoms in total. The summed E-state index contributed by atoms with van der Waals surface area (Å²) in [6, 6.07) is 0.575. The molecule has 0 saturated carbocycles. The molecule has 0 bridgehead atoms. The number of nitrogens with zero attached hydrogens (tertiary/aromatic N) is 1. The van der Waals surface area contributed by atoms with Crippen LogP contribution in [0.25, 0.3) is 0 Å². The minimum Gasteiger partial charge on any atom is -0.376 e. The van der Waals surface area contributed by atoms with Gasteiger partial charge in [-0.25, -0.2) is 0 Å². The van der Waals surface area contributed by atoms with E-state index in [1.807, 2.05) is 0 Å². The van der Waals surface area contributed by atoms with Gasteiger partial charge in [-0.2, -0.15) is 0 Å². The topological polar surface area (TPSA) is 24.5 Å². The van der Waals surface area contributed by atoms with E-state index in [0.717, 1.165) is 32.7 Å². The molecule has 0 aromatic rings. The quantitative estimate of drug-likeness (QED) is 0.734. The first kappa shape index (κ1) is 16.9. The second-order valence-electron chi connectivity index (χ2n) is 6.38. The van der Waals surface area contributed by atoms with Crippen LogP contribution in [0.15, 0.2) is 0 Å². The molecule has 1 fully saturated rings. The van der Waals surface area contributed by atoms with Crippen LogP contribution in [0.4, 0.5) is 0 Å². The SMILES string of the molecule is CCC1CN(CC(CC)(CC)CNC(C)C)CCO1. The van der Waals surface area contributed by atoms with Crippen molar-refractivity contribution in [1.29, 1.82) is 0 Å². The monoisotopic (exact) mass is 270 g/mol. The fourth-order valence-electron chi connectivity index (χ4n) is 2.85. The van der Waals surface area contributed by atoms with E-state index in [2.05, 4.69) is 44.8 Å². The first-order valence-corrected chi connectivity index (χ1v) is 8.12. The first-order chi connectivity index (χ1) is 9.05. The summed E-state index contributed by atoms with van der Waals surface area (Å²) in [7, 11) is 0. The summed E-state index contributed by atoms with van der Waals surface area (Å²) < 4.78 is 5.78. The standard InChI is InChI=1S/C16H34N2O/c1-6-15-11-18(9-10-19-15)13-16(7-2,8-3)12-17-14(4)5/h14-15,17H,6-13H2,1-5H3. The zero-order chi connectivity index (χ0) is 14.3.